The van der Waals surface area contributed by atoms with Gasteiger partial charge in [-0.05, 0) is 6.42 Å². The predicted molar refractivity (Wildman–Crippen MR) is 41.2 cm³/mol. The van der Waals surface area contributed by atoms with Crippen molar-refractivity contribution in [1.82, 2.24) is 5.32 Å². The Hall–Kier alpha value is -0.160. The molecule has 1 N–H and O–H groups in total. The van der Waals surface area contributed by atoms with Gasteiger partial charge in [-0.25, -0.2) is 5.11 Å². The topological polar surface area (TPSA) is 50.4 Å². The van der Waals surface area contributed by atoms with Crippen molar-refractivity contribution in [3.05, 3.63) is 0 Å². The maximum atomic E-state index is 10.2. The van der Waals surface area contributed by atoms with E-state index in [0.29, 0.717) is 6.54 Å². The highest BCUT2D eigenvalue weighted by molar-refractivity contribution is 4.86. The van der Waals surface area contributed by atoms with Crippen LogP contribution in [0.15, 0.2) is 0 Å². The van der Waals surface area contributed by atoms with Crippen molar-refractivity contribution in [3.8, 4) is 0 Å². The zero-order chi connectivity index (χ0) is 8.39. The molecule has 0 aromatic rings. The minimum atomic E-state index is -0.0873. The van der Waals surface area contributed by atoms with Gasteiger partial charge in [0.25, 0.3) is 0 Å². The first kappa shape index (κ1) is 8.44. The summed E-state index contributed by atoms with van der Waals surface area (Å²) in [7, 11) is 0. The van der Waals surface area contributed by atoms with E-state index < -0.39 is 0 Å². The summed E-state index contributed by atoms with van der Waals surface area (Å²) in [5, 5.41) is 13.2. The van der Waals surface area contributed by atoms with Crippen LogP contribution in [0, 0.1) is 0 Å². The zero-order valence-electron chi connectivity index (χ0n) is 6.99. The third-order valence-corrected chi connectivity index (χ3v) is 2.41. The van der Waals surface area contributed by atoms with Gasteiger partial charge in [-0.3, -0.25) is 5.32 Å². The van der Waals surface area contributed by atoms with Crippen molar-refractivity contribution in [2.75, 3.05) is 19.8 Å². The predicted octanol–water partition coefficient (Wildman–Crippen LogP) is -0.0896. The van der Waals surface area contributed by atoms with Crippen LogP contribution in [0.5, 0.6) is 0 Å². The number of rotatable bonds is 3. The molecule has 4 heteroatoms. The van der Waals surface area contributed by atoms with E-state index in [-0.39, 0.29) is 25.0 Å². The van der Waals surface area contributed by atoms with E-state index in [1.165, 1.54) is 0 Å². The van der Waals surface area contributed by atoms with Crippen LogP contribution in [0.1, 0.15) is 12.8 Å². The van der Waals surface area contributed by atoms with Crippen LogP contribution in [0.25, 0.3) is 0 Å². The molecule has 0 aromatic heterocycles. The second-order valence-corrected chi connectivity index (χ2v) is 3.26. The summed E-state index contributed by atoms with van der Waals surface area (Å²) in [6.45, 7) is 1.23. The summed E-state index contributed by atoms with van der Waals surface area (Å²) >= 11 is 0. The molecule has 0 bridgehead atoms. The largest absolute Gasteiger partial charge is 0.375 e. The van der Waals surface area contributed by atoms with Gasteiger partial charge in [0, 0.05) is 19.6 Å². The molecule has 2 aliphatic rings. The average Bonchev–Trinajstić information content (AvgIpc) is 2.58. The molecule has 12 heavy (non-hydrogen) atoms. The Labute approximate surface area is 71.9 Å². The Morgan fingerprint density at radius 2 is 2.33 bits per heavy atom. The van der Waals surface area contributed by atoms with Gasteiger partial charge in [-0.15, -0.1) is 0 Å². The summed E-state index contributed by atoms with van der Waals surface area (Å²) < 4.78 is 11.1. The molecule has 0 saturated carbocycles. The first-order valence-electron chi connectivity index (χ1n) is 4.48. The standard InChI is InChI=1S/C8H14NO3/c10-3-2-9-8-5-7-6(12-8)1-4-11-7/h6-9H,1-5H2. The summed E-state index contributed by atoms with van der Waals surface area (Å²) in [5.41, 5.74) is 0. The van der Waals surface area contributed by atoms with Crippen LogP contribution in [0.4, 0.5) is 0 Å². The van der Waals surface area contributed by atoms with Crippen LogP contribution in [-0.2, 0) is 14.6 Å². The summed E-state index contributed by atoms with van der Waals surface area (Å²) in [4.78, 5) is 0. The van der Waals surface area contributed by atoms with Gasteiger partial charge in [0.05, 0.1) is 18.8 Å². The number of nitrogens with one attached hydrogen (secondary N) is 1. The highest BCUT2D eigenvalue weighted by Crippen LogP contribution is 2.28. The highest BCUT2D eigenvalue weighted by atomic mass is 16.6. The molecule has 2 fully saturated rings. The van der Waals surface area contributed by atoms with Crippen LogP contribution < -0.4 is 5.32 Å². The Morgan fingerprint density at radius 1 is 1.42 bits per heavy atom. The Bertz CT molecular complexity index is 141. The van der Waals surface area contributed by atoms with Crippen molar-refractivity contribution >= 4 is 0 Å². The van der Waals surface area contributed by atoms with Crippen molar-refractivity contribution in [3.63, 3.8) is 0 Å². The van der Waals surface area contributed by atoms with Crippen LogP contribution in [-0.4, -0.2) is 38.2 Å². The number of hydrogen-bond acceptors (Lipinski definition) is 3. The van der Waals surface area contributed by atoms with Crippen LogP contribution in [0.2, 0.25) is 0 Å². The van der Waals surface area contributed by atoms with E-state index in [1.54, 1.807) is 0 Å². The third-order valence-electron chi connectivity index (χ3n) is 2.41. The minimum absolute atomic E-state index is 0.0502. The first-order valence-corrected chi connectivity index (χ1v) is 4.48. The van der Waals surface area contributed by atoms with E-state index >= 15 is 0 Å². The number of fused-ring (bicyclic) bond motifs is 1. The molecule has 3 unspecified atom stereocenters. The fraction of sp³-hybridized carbons (Fsp3) is 1.00. The molecule has 1 radical (unpaired) electrons. The average molecular weight is 172 g/mol. The number of ether oxygens (including phenoxy) is 2. The SMILES string of the molecule is [O]CCNC1CC2OCCC2O1. The summed E-state index contributed by atoms with van der Waals surface area (Å²) in [5.74, 6) is 0. The van der Waals surface area contributed by atoms with Gasteiger partial charge in [0.1, 0.15) is 6.23 Å². The quantitative estimate of drug-likeness (QED) is 0.647. The van der Waals surface area contributed by atoms with Gasteiger partial charge in [-0.1, -0.05) is 0 Å². The molecule has 4 nitrogen and oxygen atoms in total. The molecule has 69 valence electrons. The lowest BCUT2D eigenvalue weighted by atomic mass is 10.2. The molecule has 3 atom stereocenters. The van der Waals surface area contributed by atoms with E-state index in [1.807, 2.05) is 0 Å². The molecule has 0 amide bonds. The van der Waals surface area contributed by atoms with Gasteiger partial charge in [0.15, 0.2) is 0 Å². The first-order chi connectivity index (χ1) is 5.90. The fourth-order valence-electron chi connectivity index (χ4n) is 1.83. The van der Waals surface area contributed by atoms with E-state index in [2.05, 4.69) is 5.32 Å². The second-order valence-electron chi connectivity index (χ2n) is 3.26. The maximum absolute atomic E-state index is 10.2. The lowest BCUT2D eigenvalue weighted by Gasteiger charge is -2.11. The third kappa shape index (κ3) is 1.61. The monoisotopic (exact) mass is 172 g/mol. The molecule has 2 saturated heterocycles. The molecular formula is C8H14NO3. The Balaban J connectivity index is 1.75. The van der Waals surface area contributed by atoms with Crippen LogP contribution in [0.3, 0.4) is 0 Å². The van der Waals surface area contributed by atoms with E-state index in [0.717, 1.165) is 19.4 Å². The molecule has 0 spiro atoms. The van der Waals surface area contributed by atoms with Gasteiger partial charge >= 0.3 is 0 Å². The minimum Gasteiger partial charge on any atom is -0.375 e. The molecular weight excluding hydrogens is 158 g/mol. The fourth-order valence-corrected chi connectivity index (χ4v) is 1.83. The van der Waals surface area contributed by atoms with E-state index in [9.17, 15) is 5.11 Å². The van der Waals surface area contributed by atoms with Crippen LogP contribution >= 0.6 is 0 Å². The molecule has 0 aromatic carbocycles. The van der Waals surface area contributed by atoms with Crippen molar-refractivity contribution < 1.29 is 14.6 Å². The lowest BCUT2D eigenvalue weighted by molar-refractivity contribution is 0.0190. The smallest absolute Gasteiger partial charge is 0.111 e. The maximum Gasteiger partial charge on any atom is 0.111 e. The normalized spacial score (nSPS) is 40.2. The molecule has 2 aliphatic heterocycles. The van der Waals surface area contributed by atoms with Gasteiger partial charge < -0.3 is 9.47 Å². The van der Waals surface area contributed by atoms with Crippen molar-refractivity contribution in [1.29, 1.82) is 0 Å². The molecule has 2 rings (SSSR count). The van der Waals surface area contributed by atoms with Crippen molar-refractivity contribution in [2.45, 2.75) is 31.3 Å². The lowest BCUT2D eigenvalue weighted by Crippen LogP contribution is -2.31. The molecule has 2 heterocycles. The van der Waals surface area contributed by atoms with Gasteiger partial charge in [-0.2, -0.15) is 0 Å². The van der Waals surface area contributed by atoms with Gasteiger partial charge in [0.2, 0.25) is 0 Å². The second kappa shape index (κ2) is 3.70. The highest BCUT2D eigenvalue weighted by Gasteiger charge is 2.39. The molecule has 0 aliphatic carbocycles. The number of hydrogen-bond donors (Lipinski definition) is 1. The Morgan fingerprint density at radius 3 is 3.08 bits per heavy atom. The zero-order valence-corrected chi connectivity index (χ0v) is 6.99. The van der Waals surface area contributed by atoms with Crippen molar-refractivity contribution in [2.24, 2.45) is 0 Å². The van der Waals surface area contributed by atoms with E-state index in [4.69, 9.17) is 9.47 Å². The Kier molecular flexibility index (Phi) is 2.60. The summed E-state index contributed by atoms with van der Waals surface area (Å²) in [6, 6.07) is 0. The summed E-state index contributed by atoms with van der Waals surface area (Å²) in [6.07, 6.45) is 2.49.